The molecule has 0 aliphatic carbocycles. The van der Waals surface area contributed by atoms with E-state index in [9.17, 15) is 19.8 Å². The molecule has 128 valence electrons. The molecule has 1 fully saturated rings. The van der Waals surface area contributed by atoms with Gasteiger partial charge in [0.1, 0.15) is 6.33 Å². The summed E-state index contributed by atoms with van der Waals surface area (Å²) in [5, 5.41) is 21.3. The number of aliphatic hydroxyl groups is 1. The Morgan fingerprint density at radius 3 is 2.80 bits per heavy atom. The molecule has 0 unspecified atom stereocenters. The van der Waals surface area contributed by atoms with Crippen molar-refractivity contribution in [3.8, 4) is 0 Å². The average Bonchev–Trinajstić information content (AvgIpc) is 2.78. The molecule has 1 aromatic heterocycles. The minimum Gasteiger partial charge on any atom is -0.543 e. The number of thioether (sulfide) groups is 1. The average molecular weight is 371 g/mol. The molecule has 0 radical (unpaired) electrons. The van der Waals surface area contributed by atoms with Crippen molar-refractivity contribution in [3.05, 3.63) is 34.9 Å². The van der Waals surface area contributed by atoms with E-state index in [1.54, 1.807) is 13.1 Å². The van der Waals surface area contributed by atoms with E-state index in [1.165, 1.54) is 23.0 Å². The number of aliphatic carboxylic acids is 1. The fourth-order valence-corrected chi connectivity index (χ4v) is 4.69. The maximum atomic E-state index is 12.2. The van der Waals surface area contributed by atoms with Crippen molar-refractivity contribution < 1.29 is 49.4 Å². The van der Waals surface area contributed by atoms with Gasteiger partial charge in [-0.05, 0) is 19.4 Å². The maximum Gasteiger partial charge on any atom is 1.00 e. The zero-order valence-corrected chi connectivity index (χ0v) is 17.2. The third-order valence-electron chi connectivity index (χ3n) is 4.56. The van der Waals surface area contributed by atoms with E-state index in [0.29, 0.717) is 17.1 Å². The molecule has 2 aliphatic rings. The molecule has 25 heavy (non-hydrogen) atoms. The van der Waals surface area contributed by atoms with Gasteiger partial charge in [-0.2, -0.15) is 0 Å². The van der Waals surface area contributed by atoms with Crippen molar-refractivity contribution >= 4 is 23.6 Å². The third kappa shape index (κ3) is 3.64. The molecular formula is C16H18N3NaO4S. The Morgan fingerprint density at radius 2 is 2.24 bits per heavy atom. The van der Waals surface area contributed by atoms with Gasteiger partial charge in [-0.25, -0.2) is 9.97 Å². The molecule has 0 saturated carbocycles. The summed E-state index contributed by atoms with van der Waals surface area (Å²) in [6.45, 7) is 3.45. The predicted octanol–water partition coefficient (Wildman–Crippen LogP) is -3.42. The fraction of sp³-hybridized carbons (Fsp3) is 0.500. The maximum absolute atomic E-state index is 12.2. The number of carbonyl (C=O) groups is 2. The van der Waals surface area contributed by atoms with E-state index in [2.05, 4.69) is 9.97 Å². The number of nitrogens with zero attached hydrogens (tertiary/aromatic N) is 3. The van der Waals surface area contributed by atoms with Gasteiger partial charge >= 0.3 is 29.6 Å². The fourth-order valence-electron chi connectivity index (χ4n) is 3.44. The van der Waals surface area contributed by atoms with E-state index in [4.69, 9.17) is 0 Å². The molecule has 1 aromatic rings. The Bertz CT molecular complexity index is 698. The van der Waals surface area contributed by atoms with Crippen LogP contribution in [0.25, 0.3) is 0 Å². The smallest absolute Gasteiger partial charge is 0.543 e. The topological polar surface area (TPSA) is 106 Å². The molecule has 7 nitrogen and oxygen atoms in total. The molecule has 2 aliphatic heterocycles. The summed E-state index contributed by atoms with van der Waals surface area (Å²) in [6.07, 6.45) is 3.01. The molecule has 0 bridgehead atoms. The number of rotatable bonds is 6. The van der Waals surface area contributed by atoms with Crippen LogP contribution in [0.5, 0.6) is 0 Å². The van der Waals surface area contributed by atoms with Gasteiger partial charge in [-0.1, -0.05) is 6.92 Å². The van der Waals surface area contributed by atoms with Crippen LogP contribution in [0.2, 0.25) is 0 Å². The molecule has 0 spiro atoms. The van der Waals surface area contributed by atoms with Gasteiger partial charge in [0.15, 0.2) is 0 Å². The van der Waals surface area contributed by atoms with Gasteiger partial charge in [0.2, 0.25) is 5.91 Å². The summed E-state index contributed by atoms with van der Waals surface area (Å²) in [7, 11) is 0. The van der Waals surface area contributed by atoms with E-state index < -0.39 is 18.0 Å². The first-order chi connectivity index (χ1) is 11.4. The van der Waals surface area contributed by atoms with Crippen molar-refractivity contribution in [3.63, 3.8) is 0 Å². The number of hydrogen-bond acceptors (Lipinski definition) is 7. The zero-order chi connectivity index (χ0) is 17.4. The number of β-lactam (4-membered cyclic amide) rings is 1. The van der Waals surface area contributed by atoms with Crippen molar-refractivity contribution in [2.24, 2.45) is 11.8 Å². The van der Waals surface area contributed by atoms with E-state index in [1.807, 2.05) is 13.0 Å². The molecule has 3 heterocycles. The van der Waals surface area contributed by atoms with Crippen LogP contribution in [0.15, 0.2) is 29.2 Å². The van der Waals surface area contributed by atoms with Crippen molar-refractivity contribution in [1.29, 1.82) is 0 Å². The molecule has 1 saturated heterocycles. The van der Waals surface area contributed by atoms with E-state index in [-0.39, 0.29) is 53.1 Å². The van der Waals surface area contributed by atoms with Crippen LogP contribution in [0.4, 0.5) is 0 Å². The number of carbonyl (C=O) groups excluding carboxylic acids is 2. The standard InChI is InChI=1S/C16H19N3O4S.Na/c1-8-12-11(9(2)20)15(21)19(12)13(16(22)23)14(8)24-6-4-10-3-5-17-7-18-10;/h3,5,7-9,11-12,20H,4,6H2,1-2H3,(H,22,23);/q;+1/p-1/t8-,9-,11-,12-;/m1./s1. The summed E-state index contributed by atoms with van der Waals surface area (Å²) < 4.78 is 0. The number of fused-ring (bicyclic) bond motifs is 1. The van der Waals surface area contributed by atoms with Crippen LogP contribution in [0, 0.1) is 11.8 Å². The number of aromatic nitrogens is 2. The Morgan fingerprint density at radius 1 is 1.52 bits per heavy atom. The summed E-state index contributed by atoms with van der Waals surface area (Å²) in [6, 6.07) is 1.51. The predicted molar refractivity (Wildman–Crippen MR) is 85.2 cm³/mol. The Labute approximate surface area is 172 Å². The minimum atomic E-state index is -1.34. The van der Waals surface area contributed by atoms with Gasteiger partial charge in [0.05, 0.1) is 29.7 Å². The number of amides is 1. The van der Waals surface area contributed by atoms with Crippen LogP contribution >= 0.6 is 11.8 Å². The number of carboxylic acid groups (broad SMARTS) is 1. The number of carboxylic acids is 1. The van der Waals surface area contributed by atoms with Gasteiger partial charge in [-0.3, -0.25) is 4.79 Å². The first-order valence-corrected chi connectivity index (χ1v) is 8.76. The Hall–Kier alpha value is -0.930. The van der Waals surface area contributed by atoms with Gasteiger partial charge in [0, 0.05) is 28.5 Å². The number of aliphatic hydroxyl groups excluding tert-OH is 1. The third-order valence-corrected chi connectivity index (χ3v) is 5.85. The molecule has 4 atom stereocenters. The summed E-state index contributed by atoms with van der Waals surface area (Å²) >= 11 is 1.41. The molecular weight excluding hydrogens is 353 g/mol. The normalized spacial score (nSPS) is 26.0. The number of aryl methyl sites for hydroxylation is 1. The Kier molecular flexibility index (Phi) is 6.67. The van der Waals surface area contributed by atoms with Crippen LogP contribution in [-0.4, -0.2) is 49.7 Å². The molecule has 0 aromatic carbocycles. The SMILES string of the molecule is C[C@@H](O)[C@H]1C(=O)N2C(C(=O)[O-])=C(SCCc3ccncn3)[C@H](C)[C@H]12.[Na+]. The summed E-state index contributed by atoms with van der Waals surface area (Å²) in [5.41, 5.74) is 0.835. The van der Waals surface area contributed by atoms with Crippen LogP contribution in [-0.2, 0) is 16.0 Å². The van der Waals surface area contributed by atoms with E-state index in [0.717, 1.165) is 5.69 Å². The second-order valence-corrected chi connectivity index (χ2v) is 7.19. The molecule has 3 rings (SSSR count). The summed E-state index contributed by atoms with van der Waals surface area (Å²) in [5.74, 6) is -1.72. The first kappa shape index (κ1) is 20.4. The van der Waals surface area contributed by atoms with Crippen molar-refractivity contribution in [2.75, 3.05) is 5.75 Å². The van der Waals surface area contributed by atoms with E-state index >= 15 is 0 Å². The molecule has 1 amide bonds. The second-order valence-electron chi connectivity index (χ2n) is 6.05. The van der Waals surface area contributed by atoms with Crippen molar-refractivity contribution in [1.82, 2.24) is 14.9 Å². The quantitative estimate of drug-likeness (QED) is 0.410. The second kappa shape index (κ2) is 8.18. The van der Waals surface area contributed by atoms with Gasteiger partial charge < -0.3 is 19.9 Å². The van der Waals surface area contributed by atoms with Gasteiger partial charge in [0.25, 0.3) is 0 Å². The minimum absolute atomic E-state index is 0. The summed E-state index contributed by atoms with van der Waals surface area (Å²) in [4.78, 5) is 33.7. The molecule has 9 heteroatoms. The molecule has 1 N–H and O–H groups in total. The van der Waals surface area contributed by atoms with Crippen LogP contribution in [0.3, 0.4) is 0 Å². The monoisotopic (exact) mass is 371 g/mol. The zero-order valence-electron chi connectivity index (χ0n) is 14.4. The van der Waals surface area contributed by atoms with Crippen LogP contribution in [0.1, 0.15) is 19.5 Å². The largest absolute Gasteiger partial charge is 1.00 e. The first-order valence-electron chi connectivity index (χ1n) is 7.77. The number of hydrogen-bond donors (Lipinski definition) is 1. The van der Waals surface area contributed by atoms with Crippen LogP contribution < -0.4 is 34.7 Å². The Balaban J connectivity index is 0.00000225. The van der Waals surface area contributed by atoms with Gasteiger partial charge in [-0.15, -0.1) is 11.8 Å². The van der Waals surface area contributed by atoms with Crippen molar-refractivity contribution in [2.45, 2.75) is 32.4 Å².